The van der Waals surface area contributed by atoms with Crippen molar-refractivity contribution < 1.29 is 14.7 Å². The Hall–Kier alpha value is -1.86. The van der Waals surface area contributed by atoms with Gasteiger partial charge >= 0.3 is 5.97 Å². The topological polar surface area (TPSA) is 79.3 Å². The molecular weight excluding hydrogens is 332 g/mol. The highest BCUT2D eigenvalue weighted by atomic mass is 32.2. The first-order valence-electron chi connectivity index (χ1n) is 7.08. The van der Waals surface area contributed by atoms with E-state index in [1.54, 1.807) is 18.7 Å². The normalized spacial score (nSPS) is 11.9. The number of carbonyl (C=O) groups excluding carboxylic acids is 1. The molecule has 7 heteroatoms. The molecular formula is C16H18N2O3S2. The first-order valence-corrected chi connectivity index (χ1v) is 9.29. The molecule has 2 aromatic rings. The molecule has 0 radical (unpaired) electrons. The number of nitrogens with one attached hydrogen (secondary N) is 1. The molecule has 0 fully saturated rings. The number of thiazole rings is 1. The second-order valence-electron chi connectivity index (χ2n) is 4.95. The smallest absolute Gasteiger partial charge is 0.326 e. The number of hydrogen-bond donors (Lipinski definition) is 2. The molecule has 1 aromatic heterocycles. The zero-order valence-corrected chi connectivity index (χ0v) is 14.5. The molecule has 1 heterocycles. The number of nitrogens with zero attached hydrogens (tertiary/aromatic N) is 1. The summed E-state index contributed by atoms with van der Waals surface area (Å²) in [6, 6.07) is 8.72. The maximum Gasteiger partial charge on any atom is 0.326 e. The van der Waals surface area contributed by atoms with Crippen LogP contribution in [0.5, 0.6) is 0 Å². The molecule has 1 aromatic carbocycles. The van der Waals surface area contributed by atoms with Crippen molar-refractivity contribution in [1.82, 2.24) is 10.3 Å². The lowest BCUT2D eigenvalue weighted by atomic mass is 10.2. The first kappa shape index (κ1) is 17.5. The number of amides is 1. The number of aryl methyl sites for hydroxylation is 1. The Bertz CT molecular complexity index is 686. The summed E-state index contributed by atoms with van der Waals surface area (Å²) in [5.74, 6) is -0.720. The van der Waals surface area contributed by atoms with E-state index in [1.807, 2.05) is 36.6 Å². The minimum atomic E-state index is -1.02. The molecule has 0 aliphatic carbocycles. The minimum absolute atomic E-state index is 0.379. The van der Waals surface area contributed by atoms with Gasteiger partial charge in [-0.1, -0.05) is 30.3 Å². The Morgan fingerprint density at radius 1 is 1.35 bits per heavy atom. The summed E-state index contributed by atoms with van der Waals surface area (Å²) in [5.41, 5.74) is 1.55. The number of aliphatic carboxylic acids is 1. The Kier molecular flexibility index (Phi) is 6.18. The minimum Gasteiger partial charge on any atom is -0.480 e. The van der Waals surface area contributed by atoms with E-state index in [0.29, 0.717) is 22.7 Å². The number of benzene rings is 1. The van der Waals surface area contributed by atoms with Crippen LogP contribution in [0.2, 0.25) is 0 Å². The van der Waals surface area contributed by atoms with Crippen LogP contribution < -0.4 is 5.32 Å². The van der Waals surface area contributed by atoms with Crippen molar-refractivity contribution in [2.45, 2.75) is 19.4 Å². The van der Waals surface area contributed by atoms with Gasteiger partial charge in [0.15, 0.2) is 0 Å². The van der Waals surface area contributed by atoms with Crippen molar-refractivity contribution in [2.24, 2.45) is 0 Å². The molecule has 0 bridgehead atoms. The van der Waals surface area contributed by atoms with Crippen LogP contribution in [0.3, 0.4) is 0 Å². The van der Waals surface area contributed by atoms with Crippen molar-refractivity contribution in [3.05, 3.63) is 40.9 Å². The number of carboxylic acids is 1. The van der Waals surface area contributed by atoms with Crippen LogP contribution in [-0.4, -0.2) is 40.0 Å². The number of aromatic nitrogens is 1. The van der Waals surface area contributed by atoms with Crippen LogP contribution in [0.15, 0.2) is 30.3 Å². The molecule has 2 rings (SSSR count). The lowest BCUT2D eigenvalue weighted by molar-refractivity contribution is -0.139. The molecule has 0 unspecified atom stereocenters. The molecule has 0 spiro atoms. The van der Waals surface area contributed by atoms with Crippen molar-refractivity contribution in [2.75, 3.05) is 12.0 Å². The van der Waals surface area contributed by atoms with E-state index in [4.69, 9.17) is 0 Å². The fraction of sp³-hybridized carbons (Fsp3) is 0.312. The Labute approximate surface area is 143 Å². The van der Waals surface area contributed by atoms with Gasteiger partial charge in [0.2, 0.25) is 0 Å². The maximum atomic E-state index is 12.4. The molecule has 122 valence electrons. The quantitative estimate of drug-likeness (QED) is 0.802. The fourth-order valence-electron chi connectivity index (χ4n) is 2.03. The Morgan fingerprint density at radius 3 is 2.65 bits per heavy atom. The van der Waals surface area contributed by atoms with Crippen LogP contribution in [0.25, 0.3) is 10.6 Å². The molecule has 0 aliphatic heterocycles. The van der Waals surface area contributed by atoms with Gasteiger partial charge in [-0.3, -0.25) is 4.79 Å². The molecule has 0 saturated carbocycles. The van der Waals surface area contributed by atoms with E-state index in [0.717, 1.165) is 10.6 Å². The third-order valence-corrected chi connectivity index (χ3v) is 5.09. The van der Waals surface area contributed by atoms with Gasteiger partial charge in [0.05, 0.1) is 5.69 Å². The van der Waals surface area contributed by atoms with E-state index >= 15 is 0 Å². The average molecular weight is 350 g/mol. The monoisotopic (exact) mass is 350 g/mol. The van der Waals surface area contributed by atoms with Crippen LogP contribution in [0.4, 0.5) is 0 Å². The van der Waals surface area contributed by atoms with Crippen LogP contribution in [-0.2, 0) is 4.79 Å². The van der Waals surface area contributed by atoms with Crippen LogP contribution >= 0.6 is 23.1 Å². The number of hydrogen-bond acceptors (Lipinski definition) is 5. The molecule has 23 heavy (non-hydrogen) atoms. The molecule has 2 N–H and O–H groups in total. The summed E-state index contributed by atoms with van der Waals surface area (Å²) in [7, 11) is 0. The van der Waals surface area contributed by atoms with Gasteiger partial charge < -0.3 is 10.4 Å². The van der Waals surface area contributed by atoms with Gasteiger partial charge in [-0.15, -0.1) is 11.3 Å². The third-order valence-electron chi connectivity index (χ3n) is 3.24. The van der Waals surface area contributed by atoms with Gasteiger partial charge in [-0.05, 0) is 25.4 Å². The number of carboxylic acid groups (broad SMARTS) is 1. The fourth-order valence-corrected chi connectivity index (χ4v) is 3.47. The van der Waals surface area contributed by atoms with Gasteiger partial charge in [0.25, 0.3) is 5.91 Å². The average Bonchev–Trinajstić information content (AvgIpc) is 2.94. The molecule has 5 nitrogen and oxygen atoms in total. The number of rotatable bonds is 7. The molecule has 0 saturated heterocycles. The van der Waals surface area contributed by atoms with Gasteiger partial charge in [0.1, 0.15) is 15.9 Å². The van der Waals surface area contributed by atoms with Crippen molar-refractivity contribution in [1.29, 1.82) is 0 Å². The summed E-state index contributed by atoms with van der Waals surface area (Å²) in [6.45, 7) is 1.76. The third kappa shape index (κ3) is 4.56. The highest BCUT2D eigenvalue weighted by molar-refractivity contribution is 7.98. The zero-order valence-electron chi connectivity index (χ0n) is 12.9. The van der Waals surface area contributed by atoms with Crippen LogP contribution in [0, 0.1) is 6.92 Å². The van der Waals surface area contributed by atoms with E-state index in [1.165, 1.54) is 11.3 Å². The molecule has 0 aliphatic rings. The predicted molar refractivity (Wildman–Crippen MR) is 94.2 cm³/mol. The maximum absolute atomic E-state index is 12.4. The number of thioether (sulfide) groups is 1. The summed E-state index contributed by atoms with van der Waals surface area (Å²) in [4.78, 5) is 28.5. The van der Waals surface area contributed by atoms with Crippen molar-refractivity contribution in [3.63, 3.8) is 0 Å². The summed E-state index contributed by atoms with van der Waals surface area (Å²) < 4.78 is 0. The molecule has 1 atom stereocenters. The second kappa shape index (κ2) is 8.12. The SMILES string of the molecule is CSCC[C@H](NC(=O)c1sc(-c2ccccc2)nc1C)C(=O)O. The largest absolute Gasteiger partial charge is 0.480 e. The van der Waals surface area contributed by atoms with E-state index in [-0.39, 0.29) is 5.91 Å². The highest BCUT2D eigenvalue weighted by Crippen LogP contribution is 2.27. The van der Waals surface area contributed by atoms with Gasteiger partial charge in [-0.2, -0.15) is 11.8 Å². The second-order valence-corrected chi connectivity index (χ2v) is 6.93. The zero-order chi connectivity index (χ0) is 16.8. The lowest BCUT2D eigenvalue weighted by Crippen LogP contribution is -2.41. The lowest BCUT2D eigenvalue weighted by Gasteiger charge is -2.13. The van der Waals surface area contributed by atoms with Crippen molar-refractivity contribution >= 4 is 35.0 Å². The van der Waals surface area contributed by atoms with Crippen LogP contribution in [0.1, 0.15) is 21.8 Å². The summed E-state index contributed by atoms with van der Waals surface area (Å²) in [5, 5.41) is 12.6. The summed E-state index contributed by atoms with van der Waals surface area (Å²) in [6.07, 6.45) is 2.30. The summed E-state index contributed by atoms with van der Waals surface area (Å²) >= 11 is 2.83. The first-order chi connectivity index (χ1) is 11.0. The van der Waals surface area contributed by atoms with Crippen molar-refractivity contribution in [3.8, 4) is 10.6 Å². The Morgan fingerprint density at radius 2 is 2.04 bits per heavy atom. The van der Waals surface area contributed by atoms with E-state index in [9.17, 15) is 14.7 Å². The standard InChI is InChI=1S/C16H18N2O3S2/c1-10-13(14(19)18-12(16(20)21)8-9-22-2)23-15(17-10)11-6-4-3-5-7-11/h3-7,12H,8-9H2,1-2H3,(H,18,19)(H,20,21)/t12-/m0/s1. The van der Waals surface area contributed by atoms with E-state index < -0.39 is 12.0 Å². The van der Waals surface area contributed by atoms with Gasteiger partial charge in [-0.25, -0.2) is 9.78 Å². The number of carbonyl (C=O) groups is 2. The predicted octanol–water partition coefficient (Wildman–Crippen LogP) is 3.05. The van der Waals surface area contributed by atoms with E-state index in [2.05, 4.69) is 10.3 Å². The molecule has 1 amide bonds. The van der Waals surface area contributed by atoms with Gasteiger partial charge in [0, 0.05) is 5.56 Å². The highest BCUT2D eigenvalue weighted by Gasteiger charge is 2.23. The Balaban J connectivity index is 2.16.